The molecule has 12 heteroatoms. The summed E-state index contributed by atoms with van der Waals surface area (Å²) in [5, 5.41) is 13.7. The molecule has 6 rings (SSSR count). The predicted molar refractivity (Wildman–Crippen MR) is 152 cm³/mol. The van der Waals surface area contributed by atoms with E-state index in [1.807, 2.05) is 0 Å². The minimum absolute atomic E-state index is 0.00763. The number of nitriles is 1. The molecular weight excluding hydrogens is 539 g/mol. The van der Waals surface area contributed by atoms with Gasteiger partial charge in [-0.3, -0.25) is 14.5 Å². The van der Waals surface area contributed by atoms with Gasteiger partial charge in [0.05, 0.1) is 17.1 Å². The number of carbonyl (C=O) groups excluding carboxylic acids is 1. The summed E-state index contributed by atoms with van der Waals surface area (Å²) in [4.78, 5) is 40.0. The molecule has 2 fully saturated rings. The van der Waals surface area contributed by atoms with Crippen LogP contribution in [0.4, 0.5) is 10.1 Å². The summed E-state index contributed by atoms with van der Waals surface area (Å²) < 4.78 is 21.3. The number of hydrogen-bond donors (Lipinski definition) is 0. The molecule has 1 unspecified atom stereocenters. The number of hydrogen-bond acceptors (Lipinski definition) is 9. The molecule has 0 aliphatic carbocycles. The Morgan fingerprint density at radius 2 is 1.81 bits per heavy atom. The maximum atomic E-state index is 13.9. The molecule has 2 saturated heterocycles. The molecule has 2 aliphatic heterocycles. The molecule has 3 aromatic heterocycles. The van der Waals surface area contributed by atoms with Crippen molar-refractivity contribution in [3.63, 3.8) is 0 Å². The fourth-order valence-electron chi connectivity index (χ4n) is 5.99. The number of nitrogens with zero attached hydrogens (tertiary/aromatic N) is 8. The fraction of sp³-hybridized carbons (Fsp3) is 0.400. The Hall–Kier alpha value is -4.63. The van der Waals surface area contributed by atoms with Crippen molar-refractivity contribution in [1.82, 2.24) is 29.5 Å². The number of halogens is 1. The van der Waals surface area contributed by atoms with Gasteiger partial charge in [-0.2, -0.15) is 10.2 Å². The van der Waals surface area contributed by atoms with E-state index in [2.05, 4.69) is 39.9 Å². The van der Waals surface area contributed by atoms with Gasteiger partial charge in [-0.1, -0.05) is 17.3 Å². The lowest BCUT2D eigenvalue weighted by atomic mass is 9.98. The van der Waals surface area contributed by atoms with Gasteiger partial charge in [-0.25, -0.2) is 9.37 Å². The zero-order chi connectivity index (χ0) is 29.7. The van der Waals surface area contributed by atoms with E-state index in [1.54, 1.807) is 49.2 Å². The van der Waals surface area contributed by atoms with Crippen molar-refractivity contribution >= 4 is 22.6 Å². The summed E-state index contributed by atoms with van der Waals surface area (Å²) in [7, 11) is 1.69. The van der Waals surface area contributed by atoms with E-state index >= 15 is 0 Å². The summed E-state index contributed by atoms with van der Waals surface area (Å²) in [6.45, 7) is 7.91. The maximum Gasteiger partial charge on any atom is 0.252 e. The van der Waals surface area contributed by atoms with Gasteiger partial charge in [0.1, 0.15) is 29.1 Å². The van der Waals surface area contributed by atoms with Gasteiger partial charge in [0.15, 0.2) is 5.82 Å². The van der Waals surface area contributed by atoms with Crippen LogP contribution in [-0.4, -0.2) is 73.7 Å². The minimum Gasteiger partial charge on any atom is -0.364 e. The Morgan fingerprint density at radius 3 is 2.50 bits per heavy atom. The normalized spacial score (nSPS) is 20.4. The molecule has 216 valence electrons. The van der Waals surface area contributed by atoms with Gasteiger partial charge < -0.3 is 18.9 Å². The molecule has 0 radical (unpaired) electrons. The molecule has 4 aromatic rings. The second-order valence-electron chi connectivity index (χ2n) is 11.2. The first-order valence-electron chi connectivity index (χ1n) is 13.9. The van der Waals surface area contributed by atoms with E-state index < -0.39 is 6.04 Å². The molecule has 0 bridgehead atoms. The molecular formula is C30H31FN8O3. The lowest BCUT2D eigenvalue weighted by molar-refractivity contribution is -0.133. The average molecular weight is 571 g/mol. The fourth-order valence-corrected chi connectivity index (χ4v) is 5.99. The van der Waals surface area contributed by atoms with E-state index in [9.17, 15) is 19.2 Å². The van der Waals surface area contributed by atoms with Crippen LogP contribution in [-0.2, 0) is 11.8 Å². The van der Waals surface area contributed by atoms with Crippen LogP contribution < -0.4 is 10.5 Å². The van der Waals surface area contributed by atoms with Crippen LogP contribution >= 0.6 is 0 Å². The van der Waals surface area contributed by atoms with Crippen molar-refractivity contribution in [3.05, 3.63) is 81.6 Å². The van der Waals surface area contributed by atoms with Gasteiger partial charge in [0.2, 0.25) is 11.8 Å². The molecule has 5 heterocycles. The van der Waals surface area contributed by atoms with Crippen LogP contribution in [0.25, 0.3) is 11.0 Å². The van der Waals surface area contributed by atoms with E-state index in [4.69, 9.17) is 9.51 Å². The van der Waals surface area contributed by atoms with E-state index in [0.717, 1.165) is 5.56 Å². The van der Waals surface area contributed by atoms with Gasteiger partial charge in [0, 0.05) is 58.3 Å². The number of aryl methyl sites for hydroxylation is 1. The molecule has 0 saturated carbocycles. The molecule has 3 atom stereocenters. The Bertz CT molecular complexity index is 1760. The van der Waals surface area contributed by atoms with Crippen molar-refractivity contribution in [1.29, 1.82) is 5.26 Å². The Kier molecular flexibility index (Phi) is 6.98. The number of pyridine rings is 2. The number of benzene rings is 1. The highest BCUT2D eigenvalue weighted by molar-refractivity contribution is 5.89. The van der Waals surface area contributed by atoms with Crippen molar-refractivity contribution in [2.75, 3.05) is 31.1 Å². The van der Waals surface area contributed by atoms with Gasteiger partial charge >= 0.3 is 0 Å². The number of aromatic nitrogens is 4. The predicted octanol–water partition coefficient (Wildman–Crippen LogP) is 2.96. The SMILES string of the molecule is CC(=O)N1CC(c2noc(C(c3ccc(F)cc3)N3C[C@H](C)N(c4cc(=O)n(C)c5ccc(C#N)nc45)C[C@H]3C)n2)C1. The highest BCUT2D eigenvalue weighted by Gasteiger charge is 2.40. The van der Waals surface area contributed by atoms with Gasteiger partial charge in [-0.05, 0) is 43.7 Å². The molecule has 0 spiro atoms. The molecule has 11 nitrogen and oxygen atoms in total. The van der Waals surface area contributed by atoms with Crippen LogP contribution in [0.5, 0.6) is 0 Å². The Balaban J connectivity index is 1.34. The van der Waals surface area contributed by atoms with Crippen LogP contribution in [0, 0.1) is 17.1 Å². The smallest absolute Gasteiger partial charge is 0.252 e. The minimum atomic E-state index is -0.431. The summed E-state index contributed by atoms with van der Waals surface area (Å²) in [5.74, 6) is 0.649. The van der Waals surface area contributed by atoms with E-state index in [1.165, 1.54) is 16.7 Å². The number of anilines is 1. The van der Waals surface area contributed by atoms with E-state index in [0.29, 0.717) is 54.6 Å². The lowest BCUT2D eigenvalue weighted by Gasteiger charge is -2.47. The Morgan fingerprint density at radius 1 is 1.07 bits per heavy atom. The van der Waals surface area contributed by atoms with Gasteiger partial charge in [-0.15, -0.1) is 0 Å². The molecule has 42 heavy (non-hydrogen) atoms. The van der Waals surface area contributed by atoms with Crippen LogP contribution in [0.3, 0.4) is 0 Å². The zero-order valence-corrected chi connectivity index (χ0v) is 23.9. The monoisotopic (exact) mass is 570 g/mol. The van der Waals surface area contributed by atoms with Crippen molar-refractivity contribution in [3.8, 4) is 6.07 Å². The number of amides is 1. The number of likely N-dealkylation sites (tertiary alicyclic amines) is 1. The highest BCUT2D eigenvalue weighted by Crippen LogP contribution is 2.36. The molecule has 0 N–H and O–H groups in total. The third kappa shape index (κ3) is 4.79. The van der Waals surface area contributed by atoms with Crippen LogP contribution in [0.1, 0.15) is 55.7 Å². The van der Waals surface area contributed by atoms with Crippen molar-refractivity contribution in [2.45, 2.75) is 44.8 Å². The molecule has 2 aliphatic rings. The standard InChI is InChI=1S/C30H31FN8O3/c1-17-14-39(18(2)13-38(17)25-11-26(41)36(4)24-10-9-23(12-32)33-27(24)25)28(20-5-7-22(31)8-6-20)30-34-29(35-42-30)21-15-37(16-21)19(3)40/h5-11,17-18,21,28H,13-16H2,1-4H3/t17-,18+,28?/m0/s1. The number of fused-ring (bicyclic) bond motifs is 1. The summed E-state index contributed by atoms with van der Waals surface area (Å²) >= 11 is 0. The van der Waals surface area contributed by atoms with Crippen molar-refractivity contribution in [2.24, 2.45) is 7.05 Å². The summed E-state index contributed by atoms with van der Waals surface area (Å²) in [6.07, 6.45) is 0. The Labute approximate surface area is 241 Å². The third-order valence-electron chi connectivity index (χ3n) is 8.43. The second kappa shape index (κ2) is 10.6. The van der Waals surface area contributed by atoms with Crippen LogP contribution in [0.2, 0.25) is 0 Å². The van der Waals surface area contributed by atoms with E-state index in [-0.39, 0.29) is 41.0 Å². The zero-order valence-electron chi connectivity index (χ0n) is 23.9. The summed E-state index contributed by atoms with van der Waals surface area (Å²) in [6, 6.07) is 12.8. The summed E-state index contributed by atoms with van der Waals surface area (Å²) in [5.41, 5.74) is 2.87. The first-order valence-corrected chi connectivity index (χ1v) is 13.9. The first kappa shape index (κ1) is 27.5. The second-order valence-corrected chi connectivity index (χ2v) is 11.2. The average Bonchev–Trinajstić information content (AvgIpc) is 3.41. The number of carbonyl (C=O) groups is 1. The number of piperazine rings is 1. The van der Waals surface area contributed by atoms with Crippen LogP contribution in [0.15, 0.2) is 51.8 Å². The van der Waals surface area contributed by atoms with Crippen molar-refractivity contribution < 1.29 is 13.7 Å². The topological polar surface area (TPSA) is 124 Å². The number of rotatable bonds is 5. The maximum absolute atomic E-state index is 13.9. The quantitative estimate of drug-likeness (QED) is 0.356. The third-order valence-corrected chi connectivity index (χ3v) is 8.43. The molecule has 1 aromatic carbocycles. The molecule has 1 amide bonds. The lowest BCUT2D eigenvalue weighted by Crippen LogP contribution is -2.57. The van der Waals surface area contributed by atoms with Gasteiger partial charge in [0.25, 0.3) is 5.56 Å². The highest BCUT2D eigenvalue weighted by atomic mass is 19.1. The largest absolute Gasteiger partial charge is 0.364 e. The first-order chi connectivity index (χ1) is 20.1.